The van der Waals surface area contributed by atoms with Crippen LogP contribution in [0.1, 0.15) is 26.3 Å². The molecule has 18 heavy (non-hydrogen) atoms. The number of benzene rings is 1. The van der Waals surface area contributed by atoms with Crippen molar-refractivity contribution in [3.63, 3.8) is 0 Å². The maximum Gasteiger partial charge on any atom is 0.120 e. The van der Waals surface area contributed by atoms with Crippen LogP contribution in [0.15, 0.2) is 24.3 Å². The minimum atomic E-state index is 0.236. The first-order valence-electron chi connectivity index (χ1n) is 6.85. The van der Waals surface area contributed by atoms with E-state index in [2.05, 4.69) is 49.2 Å². The van der Waals surface area contributed by atoms with E-state index < -0.39 is 0 Å². The first-order valence-corrected chi connectivity index (χ1v) is 6.85. The second-order valence-corrected chi connectivity index (χ2v) is 5.40. The first kappa shape index (κ1) is 13.4. The van der Waals surface area contributed by atoms with Gasteiger partial charge in [-0.1, -0.05) is 12.1 Å². The van der Waals surface area contributed by atoms with E-state index in [1.165, 1.54) is 5.56 Å². The van der Waals surface area contributed by atoms with Crippen LogP contribution in [0.2, 0.25) is 0 Å². The highest BCUT2D eigenvalue weighted by molar-refractivity contribution is 5.28. The minimum Gasteiger partial charge on any atom is -0.491 e. The molecule has 0 saturated carbocycles. The number of rotatable bonds is 4. The summed E-state index contributed by atoms with van der Waals surface area (Å²) in [6.45, 7) is 10.7. The van der Waals surface area contributed by atoms with E-state index in [4.69, 9.17) is 4.74 Å². The normalized spacial score (nSPS) is 21.2. The van der Waals surface area contributed by atoms with Gasteiger partial charge >= 0.3 is 0 Å². The molecule has 1 heterocycles. The van der Waals surface area contributed by atoms with Crippen LogP contribution in [-0.4, -0.2) is 36.7 Å². The van der Waals surface area contributed by atoms with Gasteiger partial charge < -0.3 is 10.1 Å². The average molecular weight is 248 g/mol. The summed E-state index contributed by atoms with van der Waals surface area (Å²) < 4.78 is 5.73. The fraction of sp³-hybridized carbons (Fsp3) is 0.600. The highest BCUT2D eigenvalue weighted by Gasteiger charge is 2.15. The molecule has 1 aliphatic heterocycles. The van der Waals surface area contributed by atoms with Gasteiger partial charge in [0, 0.05) is 32.2 Å². The van der Waals surface area contributed by atoms with Crippen molar-refractivity contribution in [1.29, 1.82) is 0 Å². The van der Waals surface area contributed by atoms with Crippen LogP contribution in [0.4, 0.5) is 0 Å². The molecule has 3 heteroatoms. The Morgan fingerprint density at radius 1 is 1.44 bits per heavy atom. The van der Waals surface area contributed by atoms with Gasteiger partial charge in [0.2, 0.25) is 0 Å². The van der Waals surface area contributed by atoms with Crippen LogP contribution < -0.4 is 10.1 Å². The molecule has 0 spiro atoms. The molecule has 1 aromatic carbocycles. The lowest BCUT2D eigenvalue weighted by Crippen LogP contribution is -2.48. The zero-order valence-corrected chi connectivity index (χ0v) is 11.6. The van der Waals surface area contributed by atoms with E-state index in [0.717, 1.165) is 31.9 Å². The maximum atomic E-state index is 5.73. The lowest BCUT2D eigenvalue weighted by atomic mass is 10.1. The number of hydrogen-bond acceptors (Lipinski definition) is 3. The Labute approximate surface area is 110 Å². The van der Waals surface area contributed by atoms with E-state index in [0.29, 0.717) is 6.04 Å². The highest BCUT2D eigenvalue weighted by Crippen LogP contribution is 2.16. The van der Waals surface area contributed by atoms with Crippen molar-refractivity contribution in [1.82, 2.24) is 10.2 Å². The van der Waals surface area contributed by atoms with E-state index >= 15 is 0 Å². The molecule has 0 amide bonds. The molecule has 100 valence electrons. The molecule has 0 radical (unpaired) electrons. The van der Waals surface area contributed by atoms with E-state index in [-0.39, 0.29) is 6.10 Å². The van der Waals surface area contributed by atoms with Crippen LogP contribution in [0.25, 0.3) is 0 Å². The lowest BCUT2D eigenvalue weighted by molar-refractivity contribution is 0.199. The van der Waals surface area contributed by atoms with Crippen LogP contribution in [0.5, 0.6) is 5.75 Å². The highest BCUT2D eigenvalue weighted by atomic mass is 16.5. The Hall–Kier alpha value is -1.06. The van der Waals surface area contributed by atoms with Gasteiger partial charge in [0.05, 0.1) is 6.10 Å². The molecule has 1 fully saturated rings. The number of hydrogen-bond donors (Lipinski definition) is 1. The Bertz CT molecular complexity index is 379. The number of ether oxygens (including phenoxy) is 1. The summed E-state index contributed by atoms with van der Waals surface area (Å²) in [5.74, 6) is 0.977. The van der Waals surface area contributed by atoms with Crippen LogP contribution in [-0.2, 0) is 6.54 Å². The van der Waals surface area contributed by atoms with Crippen molar-refractivity contribution in [2.75, 3.05) is 19.6 Å². The molecule has 0 aromatic heterocycles. The van der Waals surface area contributed by atoms with Crippen LogP contribution in [0, 0.1) is 0 Å². The molecule has 0 aliphatic carbocycles. The molecule has 2 rings (SSSR count). The third kappa shape index (κ3) is 4.00. The van der Waals surface area contributed by atoms with Gasteiger partial charge in [0.15, 0.2) is 0 Å². The van der Waals surface area contributed by atoms with E-state index in [9.17, 15) is 0 Å². The summed E-state index contributed by atoms with van der Waals surface area (Å²) in [7, 11) is 0. The molecule has 1 saturated heterocycles. The molecular formula is C15H24N2O. The second kappa shape index (κ2) is 6.21. The van der Waals surface area contributed by atoms with Gasteiger partial charge in [-0.15, -0.1) is 0 Å². The Morgan fingerprint density at radius 3 is 3.00 bits per heavy atom. The summed E-state index contributed by atoms with van der Waals surface area (Å²) in [6, 6.07) is 9.05. The number of nitrogens with one attached hydrogen (secondary N) is 1. The summed E-state index contributed by atoms with van der Waals surface area (Å²) in [4.78, 5) is 2.50. The van der Waals surface area contributed by atoms with Gasteiger partial charge in [-0.2, -0.15) is 0 Å². The lowest BCUT2D eigenvalue weighted by Gasteiger charge is -2.31. The molecule has 3 nitrogen and oxygen atoms in total. The summed E-state index contributed by atoms with van der Waals surface area (Å²) in [5, 5.41) is 3.47. The quantitative estimate of drug-likeness (QED) is 0.884. The monoisotopic (exact) mass is 248 g/mol. The Morgan fingerprint density at radius 2 is 2.28 bits per heavy atom. The largest absolute Gasteiger partial charge is 0.491 e. The fourth-order valence-electron chi connectivity index (χ4n) is 2.40. The number of piperazine rings is 1. The molecule has 1 aliphatic rings. The molecule has 1 unspecified atom stereocenters. The minimum absolute atomic E-state index is 0.236. The summed E-state index contributed by atoms with van der Waals surface area (Å²) >= 11 is 0. The summed E-state index contributed by atoms with van der Waals surface area (Å²) in [5.41, 5.74) is 1.34. The maximum absolute atomic E-state index is 5.73. The Kier molecular flexibility index (Phi) is 4.61. The van der Waals surface area contributed by atoms with Gasteiger partial charge in [0.25, 0.3) is 0 Å². The van der Waals surface area contributed by atoms with Gasteiger partial charge in [-0.25, -0.2) is 0 Å². The van der Waals surface area contributed by atoms with Crippen LogP contribution >= 0.6 is 0 Å². The summed E-state index contributed by atoms with van der Waals surface area (Å²) in [6.07, 6.45) is 0.236. The van der Waals surface area contributed by atoms with Crippen molar-refractivity contribution in [2.45, 2.75) is 39.5 Å². The average Bonchev–Trinajstić information content (AvgIpc) is 2.28. The Balaban J connectivity index is 1.96. The third-order valence-electron chi connectivity index (χ3n) is 3.13. The van der Waals surface area contributed by atoms with Crippen molar-refractivity contribution >= 4 is 0 Å². The third-order valence-corrected chi connectivity index (χ3v) is 3.13. The van der Waals surface area contributed by atoms with Crippen molar-refractivity contribution in [3.05, 3.63) is 29.8 Å². The first-order chi connectivity index (χ1) is 8.63. The van der Waals surface area contributed by atoms with Crippen molar-refractivity contribution in [2.24, 2.45) is 0 Å². The predicted molar refractivity (Wildman–Crippen MR) is 74.9 cm³/mol. The predicted octanol–water partition coefficient (Wildman–Crippen LogP) is 2.27. The zero-order chi connectivity index (χ0) is 13.0. The van der Waals surface area contributed by atoms with E-state index in [1.807, 2.05) is 6.07 Å². The van der Waals surface area contributed by atoms with Crippen molar-refractivity contribution < 1.29 is 4.74 Å². The van der Waals surface area contributed by atoms with Gasteiger partial charge in [0.1, 0.15) is 5.75 Å². The topological polar surface area (TPSA) is 24.5 Å². The number of nitrogens with zero attached hydrogens (tertiary/aromatic N) is 1. The molecule has 1 N–H and O–H groups in total. The van der Waals surface area contributed by atoms with Crippen molar-refractivity contribution in [3.8, 4) is 5.75 Å². The molecule has 0 bridgehead atoms. The standard InChI is InChI=1S/C15H24N2O/c1-12(2)18-15-6-4-5-14(9-15)11-17-8-7-16-13(3)10-17/h4-6,9,12-13,16H,7-8,10-11H2,1-3H3. The molecule has 1 atom stereocenters. The smallest absolute Gasteiger partial charge is 0.120 e. The van der Waals surface area contributed by atoms with Gasteiger partial charge in [-0.05, 0) is 38.5 Å². The second-order valence-electron chi connectivity index (χ2n) is 5.40. The molecule has 1 aromatic rings. The van der Waals surface area contributed by atoms with E-state index in [1.54, 1.807) is 0 Å². The SMILES string of the molecule is CC1CN(Cc2cccc(OC(C)C)c2)CCN1. The zero-order valence-electron chi connectivity index (χ0n) is 11.6. The van der Waals surface area contributed by atoms with Crippen LogP contribution in [0.3, 0.4) is 0 Å². The fourth-order valence-corrected chi connectivity index (χ4v) is 2.40. The van der Waals surface area contributed by atoms with Gasteiger partial charge in [-0.3, -0.25) is 4.90 Å². The molecular weight excluding hydrogens is 224 g/mol.